The number of azo groups is 1. The molecule has 2 rings (SSSR count). The van der Waals surface area contributed by atoms with E-state index in [-0.39, 0.29) is 39.0 Å². The number of benzene rings is 1. The number of hydrogen-bond acceptors (Lipinski definition) is 11. The summed E-state index contributed by atoms with van der Waals surface area (Å²) in [4.78, 5) is 55.8. The molecule has 0 saturated carbocycles. The molecule has 14 nitrogen and oxygen atoms in total. The van der Waals surface area contributed by atoms with Crippen LogP contribution in [0.1, 0.15) is 46.2 Å². The fourth-order valence-corrected chi connectivity index (χ4v) is 5.21. The van der Waals surface area contributed by atoms with Gasteiger partial charge in [0.05, 0.1) is 17.1 Å². The number of aromatic nitrogens is 2. The van der Waals surface area contributed by atoms with Gasteiger partial charge in [-0.1, -0.05) is 50.7 Å². The van der Waals surface area contributed by atoms with Crippen LogP contribution in [0.3, 0.4) is 0 Å². The Balaban J connectivity index is 1.70. The van der Waals surface area contributed by atoms with Crippen LogP contribution in [0.25, 0.3) is 0 Å². The maximum atomic E-state index is 12.3. The van der Waals surface area contributed by atoms with Gasteiger partial charge < -0.3 is 31.0 Å². The quantitative estimate of drug-likeness (QED) is 0.0560. The van der Waals surface area contributed by atoms with Gasteiger partial charge in [-0.3, -0.25) is 14.9 Å². The van der Waals surface area contributed by atoms with E-state index >= 15 is 0 Å². The highest BCUT2D eigenvalue weighted by Crippen LogP contribution is 2.29. The van der Waals surface area contributed by atoms with Gasteiger partial charge in [0.25, 0.3) is 5.56 Å². The van der Waals surface area contributed by atoms with E-state index in [4.69, 9.17) is 22.1 Å². The van der Waals surface area contributed by atoms with Crippen molar-refractivity contribution in [3.63, 3.8) is 0 Å². The largest absolute Gasteiger partial charge is 0.448 e. The zero-order valence-corrected chi connectivity index (χ0v) is 29.0. The molecule has 256 valence electrons. The van der Waals surface area contributed by atoms with Crippen LogP contribution in [0, 0.1) is 18.3 Å². The third-order valence-electron chi connectivity index (χ3n) is 6.73. The molecule has 0 aliphatic carbocycles. The summed E-state index contributed by atoms with van der Waals surface area (Å²) in [6.45, 7) is 16.0. The summed E-state index contributed by atoms with van der Waals surface area (Å²) in [6.07, 6.45) is 1.58. The Morgan fingerprint density at radius 2 is 1.98 bits per heavy atom. The third kappa shape index (κ3) is 15.2. The average Bonchev–Trinajstić information content (AvgIpc) is 2.99. The number of aldehydes is 1. The van der Waals surface area contributed by atoms with Gasteiger partial charge in [0.1, 0.15) is 16.8 Å². The van der Waals surface area contributed by atoms with Crippen LogP contribution >= 0.6 is 23.4 Å². The number of thioether (sulfide) groups is 1. The van der Waals surface area contributed by atoms with Crippen molar-refractivity contribution in [3.05, 3.63) is 68.0 Å². The number of amides is 3. The van der Waals surface area contributed by atoms with Gasteiger partial charge >= 0.3 is 12.1 Å². The van der Waals surface area contributed by atoms with Gasteiger partial charge in [-0.15, -0.1) is 5.11 Å². The first-order valence-corrected chi connectivity index (χ1v) is 16.2. The first kappa shape index (κ1) is 38.8. The molecular formula is C31H44ClN9O5S. The van der Waals surface area contributed by atoms with Crippen molar-refractivity contribution < 1.29 is 19.1 Å². The number of carbonyl (C=O) groups is 3. The molecule has 1 aromatic carbocycles. The lowest BCUT2D eigenvalue weighted by Crippen LogP contribution is -2.35. The van der Waals surface area contributed by atoms with Gasteiger partial charge in [-0.25, -0.2) is 9.59 Å². The predicted octanol–water partition coefficient (Wildman–Crippen LogP) is 5.75. The first-order chi connectivity index (χ1) is 22.2. The highest BCUT2D eigenvalue weighted by Gasteiger charge is 2.22. The van der Waals surface area contributed by atoms with E-state index in [1.54, 1.807) is 19.1 Å². The summed E-state index contributed by atoms with van der Waals surface area (Å²) < 4.78 is 5.40. The average molecular weight is 690 g/mol. The minimum absolute atomic E-state index is 0.0947. The zero-order chi connectivity index (χ0) is 35.0. The zero-order valence-electron chi connectivity index (χ0n) is 27.4. The van der Waals surface area contributed by atoms with Gasteiger partial charge in [0.2, 0.25) is 5.95 Å². The van der Waals surface area contributed by atoms with E-state index in [1.165, 1.54) is 6.07 Å². The molecule has 3 amide bonds. The summed E-state index contributed by atoms with van der Waals surface area (Å²) in [5.74, 6) is 0.259. The number of halogens is 1. The van der Waals surface area contributed by atoms with Crippen molar-refractivity contribution >= 4 is 59.1 Å². The lowest BCUT2D eigenvalue weighted by Gasteiger charge is -2.28. The highest BCUT2D eigenvalue weighted by molar-refractivity contribution is 8.07. The smallest absolute Gasteiger partial charge is 0.407 e. The van der Waals surface area contributed by atoms with Crippen LogP contribution in [0.2, 0.25) is 0 Å². The van der Waals surface area contributed by atoms with E-state index in [0.717, 1.165) is 30.3 Å². The Labute approximate surface area is 284 Å². The van der Waals surface area contributed by atoms with Crippen LogP contribution in [0.5, 0.6) is 0 Å². The number of aryl methyl sites for hydroxylation is 1. The standard InChI is InChI=1S/C31H44ClN9O5S/c1-7-41(24-10-8-23(9-11-24)40-39-22(4)47-25(19-42)27(32)33)14-15-46-30(45)34-13-12-31(5,6)17-20(2)18-35-29(44)38-28-36-21(3)16-26(43)37-28/h8-11,16,19-20H,4,7,12-15,17-18,33H2,1-3,5-6H3,(H,34,45)(H3,35,36,37,38,43,44)/b27-25-,40-39+. The third-order valence-corrected chi connectivity index (χ3v) is 7.90. The van der Waals surface area contributed by atoms with E-state index < -0.39 is 17.7 Å². The molecule has 16 heteroatoms. The Morgan fingerprint density at radius 1 is 1.28 bits per heavy atom. The molecule has 2 aromatic rings. The number of carbonyl (C=O) groups excluding carboxylic acids is 3. The number of ether oxygens (including phenoxy) is 1. The van der Waals surface area contributed by atoms with E-state index in [9.17, 15) is 19.2 Å². The number of allylic oxidation sites excluding steroid dienone is 1. The monoisotopic (exact) mass is 689 g/mol. The fourth-order valence-electron chi connectivity index (χ4n) is 4.57. The number of hydrogen-bond donors (Lipinski definition) is 5. The van der Waals surface area contributed by atoms with Crippen molar-refractivity contribution in [2.45, 2.75) is 47.5 Å². The van der Waals surface area contributed by atoms with Gasteiger partial charge in [-0.2, -0.15) is 10.1 Å². The second-order valence-corrected chi connectivity index (χ2v) is 13.0. The SMILES string of the molecule is C=C(/N=N/c1ccc(N(CC)CCOC(=O)NCCC(C)(C)CC(C)CNC(=O)Nc2nc(=O)cc(C)[nH]2)cc1)S/C(C=O)=C(\N)Cl. The van der Waals surface area contributed by atoms with Crippen LogP contribution in [-0.4, -0.2) is 61.2 Å². The number of H-pyrrole nitrogens is 1. The Bertz CT molecular complexity index is 1490. The van der Waals surface area contributed by atoms with Crippen LogP contribution in [0.4, 0.5) is 26.9 Å². The van der Waals surface area contributed by atoms with E-state index in [1.807, 2.05) is 26.0 Å². The van der Waals surface area contributed by atoms with Crippen LogP contribution in [0.15, 0.2) is 67.0 Å². The van der Waals surface area contributed by atoms with Crippen LogP contribution < -0.4 is 32.1 Å². The van der Waals surface area contributed by atoms with Crippen molar-refractivity contribution in [2.24, 2.45) is 27.3 Å². The number of nitrogens with two attached hydrogens (primary N) is 1. The van der Waals surface area contributed by atoms with Crippen molar-refractivity contribution in [2.75, 3.05) is 43.0 Å². The number of anilines is 2. The highest BCUT2D eigenvalue weighted by atomic mass is 35.5. The minimum Gasteiger partial charge on any atom is -0.448 e. The summed E-state index contributed by atoms with van der Waals surface area (Å²) in [7, 11) is 0. The molecule has 0 aliphatic rings. The molecule has 1 atom stereocenters. The first-order valence-electron chi connectivity index (χ1n) is 15.0. The molecule has 0 saturated heterocycles. The predicted molar refractivity (Wildman–Crippen MR) is 187 cm³/mol. The number of alkyl carbamates (subject to hydrolysis) is 1. The number of urea groups is 1. The second kappa shape index (κ2) is 19.3. The molecule has 0 fully saturated rings. The Morgan fingerprint density at radius 3 is 2.60 bits per heavy atom. The molecule has 1 heterocycles. The number of nitrogens with zero attached hydrogens (tertiary/aromatic N) is 4. The fraction of sp³-hybridized carbons (Fsp3) is 0.452. The maximum absolute atomic E-state index is 12.3. The van der Waals surface area contributed by atoms with Gasteiger partial charge in [0.15, 0.2) is 6.29 Å². The molecule has 0 radical (unpaired) electrons. The van der Waals surface area contributed by atoms with Crippen LogP contribution in [-0.2, 0) is 9.53 Å². The normalized spacial score (nSPS) is 12.6. The Kier molecular flexibility index (Phi) is 16.0. The van der Waals surface area contributed by atoms with Gasteiger partial charge in [0, 0.05) is 37.1 Å². The second-order valence-electron chi connectivity index (χ2n) is 11.5. The number of aromatic amines is 1. The van der Waals surface area contributed by atoms with Crippen molar-refractivity contribution in [3.8, 4) is 0 Å². The summed E-state index contributed by atoms with van der Waals surface area (Å²) in [5, 5.41) is 16.4. The number of likely N-dealkylation sites (N-methyl/N-ethyl adjacent to an activating group) is 1. The molecule has 0 bridgehead atoms. The molecule has 47 heavy (non-hydrogen) atoms. The summed E-state index contributed by atoms with van der Waals surface area (Å²) >= 11 is 6.58. The molecule has 1 aromatic heterocycles. The van der Waals surface area contributed by atoms with Crippen molar-refractivity contribution in [1.29, 1.82) is 0 Å². The Hall–Kier alpha value is -4.37. The van der Waals surface area contributed by atoms with Gasteiger partial charge in [-0.05, 0) is 62.3 Å². The molecule has 0 aliphatic heterocycles. The summed E-state index contributed by atoms with van der Waals surface area (Å²) in [5.41, 5.74) is 7.01. The van der Waals surface area contributed by atoms with Crippen molar-refractivity contribution in [1.82, 2.24) is 20.6 Å². The lowest BCUT2D eigenvalue weighted by atomic mass is 9.80. The molecule has 1 unspecified atom stereocenters. The van der Waals surface area contributed by atoms with E-state index in [0.29, 0.717) is 43.8 Å². The summed E-state index contributed by atoms with van der Waals surface area (Å²) in [6, 6.07) is 8.24. The lowest BCUT2D eigenvalue weighted by molar-refractivity contribution is -0.104. The number of rotatable bonds is 18. The van der Waals surface area contributed by atoms with E-state index in [2.05, 4.69) is 61.5 Å². The molecule has 6 N–H and O–H groups in total. The molecular weight excluding hydrogens is 646 g/mol. The topological polar surface area (TPSA) is 196 Å². The minimum atomic E-state index is -0.483. The molecule has 0 spiro atoms. The maximum Gasteiger partial charge on any atom is 0.407 e. The number of nitrogens with one attached hydrogen (secondary N) is 4.